The number of hydrogen-bond acceptors (Lipinski definition) is 6. The maximum Gasteiger partial charge on any atom is 0.290 e. The topological polar surface area (TPSA) is 114 Å². The number of primary amides is 1. The molecule has 3 N–H and O–H groups in total. The first-order valence-corrected chi connectivity index (χ1v) is 6.78. The molecule has 0 aliphatic rings. The third-order valence-corrected chi connectivity index (χ3v) is 3.34. The number of rotatable bonds is 7. The summed E-state index contributed by atoms with van der Waals surface area (Å²) in [4.78, 5) is 16.9. The summed E-state index contributed by atoms with van der Waals surface area (Å²) in [6.07, 6.45) is 1.96. The van der Waals surface area contributed by atoms with Crippen LogP contribution in [-0.4, -0.2) is 44.7 Å². The van der Waals surface area contributed by atoms with Gasteiger partial charge in [-0.25, -0.2) is 0 Å². The van der Waals surface area contributed by atoms with E-state index in [4.69, 9.17) is 10.3 Å². The van der Waals surface area contributed by atoms with Crippen LogP contribution < -0.4 is 5.73 Å². The summed E-state index contributed by atoms with van der Waals surface area (Å²) in [6.45, 7) is 5.40. The highest BCUT2D eigenvalue weighted by Crippen LogP contribution is 2.12. The van der Waals surface area contributed by atoms with Gasteiger partial charge in [-0.2, -0.15) is 10.1 Å². The number of hydrogen-bond donors (Lipinski definition) is 2. The van der Waals surface area contributed by atoms with Crippen LogP contribution in [0.5, 0.6) is 0 Å². The maximum absolute atomic E-state index is 10.9. The van der Waals surface area contributed by atoms with Gasteiger partial charge in [0.25, 0.3) is 11.7 Å². The lowest BCUT2D eigenvalue weighted by molar-refractivity contribution is 0.0987. The van der Waals surface area contributed by atoms with E-state index in [1.165, 1.54) is 5.56 Å². The van der Waals surface area contributed by atoms with Gasteiger partial charge in [0.15, 0.2) is 0 Å². The minimum absolute atomic E-state index is 0.0805. The molecule has 0 fully saturated rings. The lowest BCUT2D eigenvalue weighted by atomic mass is 10.1. The SMILES string of the molecule is Cc1n[nH]c(C)c1CCCN(C)Cc1nc(C(N)=O)no1. The van der Waals surface area contributed by atoms with Gasteiger partial charge in [-0.05, 0) is 45.8 Å². The molecule has 0 aromatic carbocycles. The number of nitrogens with two attached hydrogens (primary N) is 1. The molecule has 8 nitrogen and oxygen atoms in total. The Kier molecular flexibility index (Phi) is 4.69. The second-order valence-electron chi connectivity index (χ2n) is 5.13. The molecule has 8 heteroatoms. The predicted molar refractivity (Wildman–Crippen MR) is 75.5 cm³/mol. The second-order valence-corrected chi connectivity index (χ2v) is 5.13. The number of H-pyrrole nitrogens is 1. The van der Waals surface area contributed by atoms with Crippen molar-refractivity contribution in [1.82, 2.24) is 25.2 Å². The molecule has 0 aliphatic heterocycles. The Hall–Kier alpha value is -2.22. The van der Waals surface area contributed by atoms with Gasteiger partial charge in [0.2, 0.25) is 5.89 Å². The molecule has 0 atom stereocenters. The Labute approximate surface area is 122 Å². The van der Waals surface area contributed by atoms with Crippen molar-refractivity contribution in [2.45, 2.75) is 33.2 Å². The molecule has 0 unspecified atom stereocenters. The first kappa shape index (κ1) is 15.2. The molecule has 2 rings (SSSR count). The fraction of sp³-hybridized carbons (Fsp3) is 0.538. The zero-order valence-electron chi connectivity index (χ0n) is 12.5. The lowest BCUT2D eigenvalue weighted by Crippen LogP contribution is -2.20. The van der Waals surface area contributed by atoms with Crippen LogP contribution in [0.1, 0.15) is 39.9 Å². The Morgan fingerprint density at radius 2 is 2.19 bits per heavy atom. The Bertz CT molecular complexity index is 598. The van der Waals surface area contributed by atoms with E-state index in [0.717, 1.165) is 30.8 Å². The molecule has 2 aromatic rings. The molecule has 0 saturated carbocycles. The monoisotopic (exact) mass is 292 g/mol. The first-order valence-electron chi connectivity index (χ1n) is 6.78. The summed E-state index contributed by atoms with van der Waals surface area (Å²) >= 11 is 0. The summed E-state index contributed by atoms with van der Waals surface area (Å²) in [6, 6.07) is 0. The first-order chi connectivity index (χ1) is 9.97. The normalized spacial score (nSPS) is 11.2. The molecule has 114 valence electrons. The van der Waals surface area contributed by atoms with Crippen LogP contribution in [0.25, 0.3) is 0 Å². The largest absolute Gasteiger partial charge is 0.363 e. The van der Waals surface area contributed by atoms with Gasteiger partial charge in [-0.15, -0.1) is 0 Å². The van der Waals surface area contributed by atoms with Gasteiger partial charge < -0.3 is 10.3 Å². The molecule has 1 amide bonds. The highest BCUT2D eigenvalue weighted by atomic mass is 16.5. The molecule has 0 saturated heterocycles. The van der Waals surface area contributed by atoms with Crippen LogP contribution in [-0.2, 0) is 13.0 Å². The summed E-state index contributed by atoms with van der Waals surface area (Å²) in [7, 11) is 1.96. The molecule has 0 aliphatic carbocycles. The van der Waals surface area contributed by atoms with Crippen molar-refractivity contribution < 1.29 is 9.32 Å². The van der Waals surface area contributed by atoms with Crippen molar-refractivity contribution >= 4 is 5.91 Å². The maximum atomic E-state index is 10.9. The fourth-order valence-corrected chi connectivity index (χ4v) is 2.20. The third kappa shape index (κ3) is 3.88. The van der Waals surface area contributed by atoms with Crippen LogP contribution in [0.4, 0.5) is 0 Å². The summed E-state index contributed by atoms with van der Waals surface area (Å²) < 4.78 is 4.97. The number of nitrogens with one attached hydrogen (secondary N) is 1. The van der Waals surface area contributed by atoms with E-state index in [1.807, 2.05) is 20.9 Å². The van der Waals surface area contributed by atoms with Gasteiger partial charge >= 0.3 is 0 Å². The van der Waals surface area contributed by atoms with Crippen molar-refractivity contribution in [3.05, 3.63) is 28.7 Å². The highest BCUT2D eigenvalue weighted by molar-refractivity contribution is 5.88. The van der Waals surface area contributed by atoms with E-state index >= 15 is 0 Å². The number of carbonyl (C=O) groups is 1. The van der Waals surface area contributed by atoms with Gasteiger partial charge in [0.1, 0.15) is 0 Å². The number of nitrogens with zero attached hydrogens (tertiary/aromatic N) is 4. The van der Waals surface area contributed by atoms with E-state index in [1.54, 1.807) is 0 Å². The average molecular weight is 292 g/mol. The smallest absolute Gasteiger partial charge is 0.290 e. The zero-order chi connectivity index (χ0) is 15.4. The molecule has 21 heavy (non-hydrogen) atoms. The highest BCUT2D eigenvalue weighted by Gasteiger charge is 2.13. The predicted octanol–water partition coefficient (Wildman–Crippen LogP) is 0.573. The standard InChI is InChI=1S/C13H20N6O2/c1-8-10(9(2)17-16-8)5-4-6-19(3)7-11-15-13(12(14)20)18-21-11/h4-7H2,1-3H3,(H2,14,20)(H,16,17). The molecule has 2 heterocycles. The van der Waals surface area contributed by atoms with Crippen LogP contribution >= 0.6 is 0 Å². The number of aromatic nitrogens is 4. The molecule has 0 spiro atoms. The number of aromatic amines is 1. The van der Waals surface area contributed by atoms with E-state index in [2.05, 4.69) is 25.2 Å². The summed E-state index contributed by atoms with van der Waals surface area (Å²) in [5.41, 5.74) is 8.53. The van der Waals surface area contributed by atoms with Gasteiger partial charge in [-0.3, -0.25) is 14.8 Å². The number of aryl methyl sites for hydroxylation is 2. The summed E-state index contributed by atoms with van der Waals surface area (Å²) in [5, 5.41) is 10.7. The quantitative estimate of drug-likeness (QED) is 0.771. The zero-order valence-corrected chi connectivity index (χ0v) is 12.5. The van der Waals surface area contributed by atoms with Crippen LogP contribution in [0.15, 0.2) is 4.52 Å². The Balaban J connectivity index is 1.79. The molecule has 0 radical (unpaired) electrons. The van der Waals surface area contributed by atoms with Crippen molar-refractivity contribution in [3.63, 3.8) is 0 Å². The molecule has 2 aromatic heterocycles. The van der Waals surface area contributed by atoms with E-state index < -0.39 is 5.91 Å². The Morgan fingerprint density at radius 3 is 2.76 bits per heavy atom. The fourth-order valence-electron chi connectivity index (χ4n) is 2.20. The molecule has 0 bridgehead atoms. The van der Waals surface area contributed by atoms with Crippen molar-refractivity contribution in [2.24, 2.45) is 5.73 Å². The van der Waals surface area contributed by atoms with E-state index in [-0.39, 0.29) is 5.82 Å². The van der Waals surface area contributed by atoms with Crippen molar-refractivity contribution in [2.75, 3.05) is 13.6 Å². The average Bonchev–Trinajstić information content (AvgIpc) is 3.00. The van der Waals surface area contributed by atoms with E-state index in [0.29, 0.717) is 12.4 Å². The van der Waals surface area contributed by atoms with Crippen LogP contribution in [0, 0.1) is 13.8 Å². The molecular weight excluding hydrogens is 272 g/mol. The van der Waals surface area contributed by atoms with Crippen molar-refractivity contribution in [1.29, 1.82) is 0 Å². The number of amides is 1. The summed E-state index contributed by atoms with van der Waals surface area (Å²) in [5.74, 6) is -0.372. The minimum Gasteiger partial charge on any atom is -0.363 e. The molecular formula is C13H20N6O2. The minimum atomic E-state index is -0.682. The van der Waals surface area contributed by atoms with E-state index in [9.17, 15) is 4.79 Å². The van der Waals surface area contributed by atoms with Crippen LogP contribution in [0.3, 0.4) is 0 Å². The van der Waals surface area contributed by atoms with Crippen LogP contribution in [0.2, 0.25) is 0 Å². The third-order valence-electron chi connectivity index (χ3n) is 3.34. The lowest BCUT2D eigenvalue weighted by Gasteiger charge is -2.13. The van der Waals surface area contributed by atoms with Gasteiger partial charge in [0.05, 0.1) is 12.2 Å². The van der Waals surface area contributed by atoms with Gasteiger partial charge in [0, 0.05) is 5.69 Å². The van der Waals surface area contributed by atoms with Crippen molar-refractivity contribution in [3.8, 4) is 0 Å². The van der Waals surface area contributed by atoms with Gasteiger partial charge in [-0.1, -0.05) is 5.16 Å². The number of carbonyl (C=O) groups excluding carboxylic acids is 1. The Morgan fingerprint density at radius 1 is 1.43 bits per heavy atom. The second kappa shape index (κ2) is 6.49.